The van der Waals surface area contributed by atoms with E-state index in [4.69, 9.17) is 0 Å². The molecule has 1 N–H and O–H groups in total. The van der Waals surface area contributed by atoms with Crippen molar-refractivity contribution in [2.45, 2.75) is 24.4 Å². The molecule has 0 spiro atoms. The lowest BCUT2D eigenvalue weighted by Gasteiger charge is -2.11. The van der Waals surface area contributed by atoms with Crippen LogP contribution in [0.25, 0.3) is 0 Å². The minimum Gasteiger partial charge on any atom is -0.303 e. The molecule has 2 aromatic rings. The molecular weight excluding hydrogens is 280 g/mol. The molecule has 0 amide bonds. The molecule has 1 aliphatic rings. The first-order valence-electron chi connectivity index (χ1n) is 6.02. The quantitative estimate of drug-likeness (QED) is 0.941. The fourth-order valence-corrected chi connectivity index (χ4v) is 4.72. The number of aromatic nitrogens is 1. The predicted molar refractivity (Wildman–Crippen MR) is 74.9 cm³/mol. The van der Waals surface area contributed by atoms with Gasteiger partial charge in [0.05, 0.1) is 21.3 Å². The van der Waals surface area contributed by atoms with Gasteiger partial charge in [0.15, 0.2) is 9.84 Å². The van der Waals surface area contributed by atoms with Crippen molar-refractivity contribution in [3.8, 4) is 0 Å². The maximum absolute atomic E-state index is 12.0. The van der Waals surface area contributed by atoms with Gasteiger partial charge in [0.1, 0.15) is 0 Å². The number of aryl methyl sites for hydroxylation is 1. The first-order chi connectivity index (χ1) is 9.06. The number of hydrogen-bond acceptors (Lipinski definition) is 5. The molecule has 1 aromatic carbocycles. The monoisotopic (exact) mass is 294 g/mol. The van der Waals surface area contributed by atoms with Crippen LogP contribution in [0.15, 0.2) is 34.5 Å². The molecule has 0 saturated heterocycles. The Labute approximate surface area is 116 Å². The molecule has 19 heavy (non-hydrogen) atoms. The van der Waals surface area contributed by atoms with E-state index >= 15 is 0 Å². The van der Waals surface area contributed by atoms with Crippen molar-refractivity contribution < 1.29 is 8.42 Å². The Kier molecular flexibility index (Phi) is 3.16. The third-order valence-electron chi connectivity index (χ3n) is 3.21. The Morgan fingerprint density at radius 2 is 2.21 bits per heavy atom. The number of thiazole rings is 1. The number of fused-ring (bicyclic) bond motifs is 1. The van der Waals surface area contributed by atoms with Crippen molar-refractivity contribution in [1.29, 1.82) is 0 Å². The molecule has 1 aliphatic heterocycles. The smallest absolute Gasteiger partial charge is 0.180 e. The highest BCUT2D eigenvalue weighted by Crippen LogP contribution is 2.33. The Balaban J connectivity index is 1.80. The molecule has 0 saturated carbocycles. The summed E-state index contributed by atoms with van der Waals surface area (Å²) in [6.45, 7) is 2.56. The molecule has 1 aromatic heterocycles. The molecule has 1 unspecified atom stereocenters. The summed E-state index contributed by atoms with van der Waals surface area (Å²) in [5.74, 6) is 0.134. The number of nitrogens with one attached hydrogen (secondary N) is 1. The van der Waals surface area contributed by atoms with Crippen LogP contribution in [0.5, 0.6) is 0 Å². The van der Waals surface area contributed by atoms with E-state index in [2.05, 4.69) is 10.3 Å². The second-order valence-electron chi connectivity index (χ2n) is 4.61. The number of sulfone groups is 1. The van der Waals surface area contributed by atoms with Crippen LogP contribution in [0, 0.1) is 6.92 Å². The van der Waals surface area contributed by atoms with Crippen LogP contribution in [0.1, 0.15) is 22.3 Å². The second-order valence-corrected chi connectivity index (χ2v) is 7.68. The molecule has 6 heteroatoms. The average Bonchev–Trinajstić information content (AvgIpc) is 2.90. The van der Waals surface area contributed by atoms with Gasteiger partial charge < -0.3 is 5.32 Å². The van der Waals surface area contributed by atoms with Gasteiger partial charge in [0.25, 0.3) is 0 Å². The molecule has 100 valence electrons. The van der Waals surface area contributed by atoms with Crippen LogP contribution >= 0.6 is 11.3 Å². The summed E-state index contributed by atoms with van der Waals surface area (Å²) in [5.41, 5.74) is 1.83. The van der Waals surface area contributed by atoms with Crippen molar-refractivity contribution in [1.82, 2.24) is 10.3 Å². The molecule has 2 heterocycles. The van der Waals surface area contributed by atoms with Gasteiger partial charge >= 0.3 is 0 Å². The van der Waals surface area contributed by atoms with Gasteiger partial charge in [-0.25, -0.2) is 13.4 Å². The van der Waals surface area contributed by atoms with E-state index in [0.29, 0.717) is 11.4 Å². The standard InChI is InChI=1S/C13H14N2O2S2/c1-9-15-10(7-18-9)6-14-12-8-19(16,17)13-5-3-2-4-11(12)13/h2-5,7,12,14H,6,8H2,1H3. The Morgan fingerprint density at radius 3 is 2.95 bits per heavy atom. The van der Waals surface area contributed by atoms with Crippen molar-refractivity contribution >= 4 is 21.2 Å². The van der Waals surface area contributed by atoms with Gasteiger partial charge in [-0.3, -0.25) is 0 Å². The molecule has 0 fully saturated rings. The topological polar surface area (TPSA) is 59.1 Å². The van der Waals surface area contributed by atoms with Crippen molar-refractivity contribution in [2.75, 3.05) is 5.75 Å². The lowest BCUT2D eigenvalue weighted by atomic mass is 10.1. The molecule has 3 rings (SSSR count). The van der Waals surface area contributed by atoms with Gasteiger partial charge in [-0.1, -0.05) is 18.2 Å². The largest absolute Gasteiger partial charge is 0.303 e. The summed E-state index contributed by atoms with van der Waals surface area (Å²) in [6, 6.07) is 7.07. The summed E-state index contributed by atoms with van der Waals surface area (Å²) >= 11 is 1.60. The van der Waals surface area contributed by atoms with Gasteiger partial charge in [0.2, 0.25) is 0 Å². The van der Waals surface area contributed by atoms with E-state index in [9.17, 15) is 8.42 Å². The molecular formula is C13H14N2O2S2. The predicted octanol–water partition coefficient (Wildman–Crippen LogP) is 2.07. The van der Waals surface area contributed by atoms with Crippen LogP contribution in [0.2, 0.25) is 0 Å². The Hall–Kier alpha value is -1.24. The van der Waals surface area contributed by atoms with Gasteiger partial charge in [-0.2, -0.15) is 0 Å². The first kappa shape index (κ1) is 12.8. The number of benzene rings is 1. The maximum atomic E-state index is 12.0. The average molecular weight is 294 g/mol. The Morgan fingerprint density at radius 1 is 1.42 bits per heavy atom. The number of hydrogen-bond donors (Lipinski definition) is 1. The second kappa shape index (κ2) is 4.70. The molecule has 1 atom stereocenters. The number of nitrogens with zero attached hydrogens (tertiary/aromatic N) is 1. The van der Waals surface area contributed by atoms with E-state index in [0.717, 1.165) is 16.3 Å². The fraction of sp³-hybridized carbons (Fsp3) is 0.308. The highest BCUT2D eigenvalue weighted by molar-refractivity contribution is 7.91. The van der Waals surface area contributed by atoms with Crippen molar-refractivity contribution in [3.05, 3.63) is 45.9 Å². The number of rotatable bonds is 3. The van der Waals surface area contributed by atoms with E-state index in [1.54, 1.807) is 23.5 Å². The van der Waals surface area contributed by atoms with Crippen LogP contribution in [-0.2, 0) is 16.4 Å². The normalized spacial score (nSPS) is 20.4. The molecule has 4 nitrogen and oxygen atoms in total. The minimum absolute atomic E-state index is 0.134. The van der Waals surface area contributed by atoms with E-state index in [1.165, 1.54) is 0 Å². The summed E-state index contributed by atoms with van der Waals surface area (Å²) in [5, 5.41) is 6.31. The van der Waals surface area contributed by atoms with Gasteiger partial charge in [-0.05, 0) is 18.6 Å². The highest BCUT2D eigenvalue weighted by atomic mass is 32.2. The van der Waals surface area contributed by atoms with Gasteiger partial charge in [0, 0.05) is 18.0 Å². The zero-order chi connectivity index (χ0) is 13.5. The van der Waals surface area contributed by atoms with Crippen LogP contribution in [0.3, 0.4) is 0 Å². The first-order valence-corrected chi connectivity index (χ1v) is 8.55. The van der Waals surface area contributed by atoms with E-state index < -0.39 is 9.84 Å². The zero-order valence-corrected chi connectivity index (χ0v) is 12.1. The summed E-state index contributed by atoms with van der Waals surface area (Å²) < 4.78 is 24.1. The third-order valence-corrected chi connectivity index (χ3v) is 5.85. The maximum Gasteiger partial charge on any atom is 0.180 e. The van der Waals surface area contributed by atoms with Crippen molar-refractivity contribution in [2.24, 2.45) is 0 Å². The van der Waals surface area contributed by atoms with Crippen LogP contribution in [-0.4, -0.2) is 19.2 Å². The molecule has 0 radical (unpaired) electrons. The summed E-state index contributed by atoms with van der Waals surface area (Å²) in [7, 11) is -3.13. The van der Waals surface area contributed by atoms with Crippen LogP contribution in [0.4, 0.5) is 0 Å². The fourth-order valence-electron chi connectivity index (χ4n) is 2.34. The molecule has 0 aliphatic carbocycles. The summed E-state index contributed by atoms with van der Waals surface area (Å²) in [6.07, 6.45) is 0. The van der Waals surface area contributed by atoms with Crippen LogP contribution < -0.4 is 5.32 Å². The van der Waals surface area contributed by atoms with Crippen molar-refractivity contribution in [3.63, 3.8) is 0 Å². The zero-order valence-electron chi connectivity index (χ0n) is 10.5. The molecule has 0 bridgehead atoms. The minimum atomic E-state index is -3.13. The SMILES string of the molecule is Cc1nc(CNC2CS(=O)(=O)c3ccccc32)cs1. The third kappa shape index (κ3) is 2.43. The Bertz CT molecular complexity index is 707. The van der Waals surface area contributed by atoms with Gasteiger partial charge in [-0.15, -0.1) is 11.3 Å². The lowest BCUT2D eigenvalue weighted by molar-refractivity contribution is 0.562. The summed E-state index contributed by atoms with van der Waals surface area (Å²) in [4.78, 5) is 4.83. The highest BCUT2D eigenvalue weighted by Gasteiger charge is 2.33. The lowest BCUT2D eigenvalue weighted by Crippen LogP contribution is -2.22. The van der Waals surface area contributed by atoms with E-state index in [1.807, 2.05) is 24.4 Å². The van der Waals surface area contributed by atoms with E-state index in [-0.39, 0.29) is 11.8 Å².